The van der Waals surface area contributed by atoms with Gasteiger partial charge in [-0.2, -0.15) is 0 Å². The molecule has 1 aromatic heterocycles. The number of hydrogen-bond acceptors (Lipinski definition) is 5. The molecular formula is C14H23N3O2. The first-order valence-corrected chi connectivity index (χ1v) is 6.77. The standard InChI is InChI=1S/C14H23N3O2/c1-17(13-5-8-19-11-13)14-12(4-3-6-16-14)10-15-7-9-18-2/h3-4,6,13,15H,5,7-11H2,1-2H3. The topological polar surface area (TPSA) is 46.6 Å². The molecule has 1 fully saturated rings. The van der Waals surface area contributed by atoms with Crippen LogP contribution < -0.4 is 10.2 Å². The summed E-state index contributed by atoms with van der Waals surface area (Å²) in [5, 5.41) is 3.37. The SMILES string of the molecule is COCCNCc1cccnc1N(C)C1CCOC1. The highest BCUT2D eigenvalue weighted by atomic mass is 16.5. The van der Waals surface area contributed by atoms with Crippen molar-refractivity contribution in [2.75, 3.05) is 45.4 Å². The largest absolute Gasteiger partial charge is 0.383 e. The minimum Gasteiger partial charge on any atom is -0.383 e. The summed E-state index contributed by atoms with van der Waals surface area (Å²) in [4.78, 5) is 6.76. The van der Waals surface area contributed by atoms with Gasteiger partial charge in [0, 0.05) is 45.6 Å². The van der Waals surface area contributed by atoms with Gasteiger partial charge in [-0.25, -0.2) is 4.98 Å². The third kappa shape index (κ3) is 3.89. The number of likely N-dealkylation sites (N-methyl/N-ethyl adjacent to an activating group) is 1. The first-order chi connectivity index (χ1) is 9.33. The van der Waals surface area contributed by atoms with Gasteiger partial charge in [0.1, 0.15) is 5.82 Å². The summed E-state index contributed by atoms with van der Waals surface area (Å²) in [6.45, 7) is 4.03. The predicted molar refractivity (Wildman–Crippen MR) is 75.4 cm³/mol. The highest BCUT2D eigenvalue weighted by Gasteiger charge is 2.22. The van der Waals surface area contributed by atoms with E-state index in [9.17, 15) is 0 Å². The Bertz CT molecular complexity index is 381. The maximum absolute atomic E-state index is 5.45. The summed E-state index contributed by atoms with van der Waals surface area (Å²) >= 11 is 0. The second-order valence-corrected chi connectivity index (χ2v) is 4.78. The summed E-state index contributed by atoms with van der Waals surface area (Å²) < 4.78 is 10.5. The quantitative estimate of drug-likeness (QED) is 0.747. The summed E-state index contributed by atoms with van der Waals surface area (Å²) in [7, 11) is 3.81. The van der Waals surface area contributed by atoms with Crippen molar-refractivity contribution in [2.24, 2.45) is 0 Å². The normalized spacial score (nSPS) is 18.7. The van der Waals surface area contributed by atoms with Gasteiger partial charge in [-0.3, -0.25) is 0 Å². The molecule has 1 atom stereocenters. The van der Waals surface area contributed by atoms with Gasteiger partial charge in [0.25, 0.3) is 0 Å². The molecule has 0 spiro atoms. The van der Waals surface area contributed by atoms with Gasteiger partial charge in [-0.05, 0) is 12.5 Å². The number of nitrogens with one attached hydrogen (secondary N) is 1. The van der Waals surface area contributed by atoms with Crippen molar-refractivity contribution in [3.05, 3.63) is 23.9 Å². The molecule has 0 aromatic carbocycles. The lowest BCUT2D eigenvalue weighted by Gasteiger charge is -2.26. The van der Waals surface area contributed by atoms with Crippen LogP contribution in [0.2, 0.25) is 0 Å². The van der Waals surface area contributed by atoms with Crippen molar-refractivity contribution in [3.8, 4) is 0 Å². The van der Waals surface area contributed by atoms with Gasteiger partial charge < -0.3 is 19.7 Å². The zero-order valence-electron chi connectivity index (χ0n) is 11.8. The molecule has 5 heteroatoms. The van der Waals surface area contributed by atoms with E-state index in [1.165, 1.54) is 5.56 Å². The monoisotopic (exact) mass is 265 g/mol. The van der Waals surface area contributed by atoms with Gasteiger partial charge in [-0.15, -0.1) is 0 Å². The van der Waals surface area contributed by atoms with Gasteiger partial charge in [0.2, 0.25) is 0 Å². The smallest absolute Gasteiger partial charge is 0.133 e. The van der Waals surface area contributed by atoms with Crippen LogP contribution in [-0.2, 0) is 16.0 Å². The molecule has 1 unspecified atom stereocenters. The lowest BCUT2D eigenvalue weighted by Crippen LogP contribution is -2.33. The predicted octanol–water partition coefficient (Wildman–Crippen LogP) is 1.04. The third-order valence-corrected chi connectivity index (χ3v) is 3.45. The van der Waals surface area contributed by atoms with E-state index in [1.54, 1.807) is 7.11 Å². The Labute approximate surface area is 114 Å². The van der Waals surface area contributed by atoms with E-state index in [0.29, 0.717) is 6.04 Å². The van der Waals surface area contributed by atoms with Crippen LogP contribution in [0.15, 0.2) is 18.3 Å². The van der Waals surface area contributed by atoms with Crippen LogP contribution in [-0.4, -0.2) is 51.5 Å². The number of anilines is 1. The zero-order valence-corrected chi connectivity index (χ0v) is 11.8. The number of ether oxygens (including phenoxy) is 2. The number of aromatic nitrogens is 1. The maximum atomic E-state index is 5.45. The van der Waals surface area contributed by atoms with Crippen molar-refractivity contribution in [1.29, 1.82) is 0 Å². The lowest BCUT2D eigenvalue weighted by molar-refractivity contribution is 0.193. The Morgan fingerprint density at radius 1 is 1.58 bits per heavy atom. The van der Waals surface area contributed by atoms with E-state index < -0.39 is 0 Å². The Morgan fingerprint density at radius 3 is 3.21 bits per heavy atom. The van der Waals surface area contributed by atoms with E-state index in [0.717, 1.165) is 45.1 Å². The van der Waals surface area contributed by atoms with Crippen molar-refractivity contribution in [3.63, 3.8) is 0 Å². The molecule has 0 bridgehead atoms. The number of hydrogen-bond donors (Lipinski definition) is 1. The Balaban J connectivity index is 1.98. The summed E-state index contributed by atoms with van der Waals surface area (Å²) in [6, 6.07) is 4.54. The fourth-order valence-corrected chi connectivity index (χ4v) is 2.28. The van der Waals surface area contributed by atoms with E-state index in [1.807, 2.05) is 12.3 Å². The molecule has 5 nitrogen and oxygen atoms in total. The fraction of sp³-hybridized carbons (Fsp3) is 0.643. The van der Waals surface area contributed by atoms with Crippen LogP contribution in [0.1, 0.15) is 12.0 Å². The molecule has 2 heterocycles. The summed E-state index contributed by atoms with van der Waals surface area (Å²) in [6.07, 6.45) is 2.92. The molecule has 106 valence electrons. The minimum atomic E-state index is 0.438. The van der Waals surface area contributed by atoms with Gasteiger partial charge in [0.15, 0.2) is 0 Å². The minimum absolute atomic E-state index is 0.438. The van der Waals surface area contributed by atoms with E-state index in [2.05, 4.69) is 28.3 Å². The molecule has 2 rings (SSSR count). The molecule has 1 aromatic rings. The van der Waals surface area contributed by atoms with Crippen molar-refractivity contribution < 1.29 is 9.47 Å². The highest BCUT2D eigenvalue weighted by Crippen LogP contribution is 2.21. The van der Waals surface area contributed by atoms with Crippen molar-refractivity contribution >= 4 is 5.82 Å². The lowest BCUT2D eigenvalue weighted by atomic mass is 10.2. The maximum Gasteiger partial charge on any atom is 0.133 e. The molecule has 0 amide bonds. The number of methoxy groups -OCH3 is 1. The molecule has 0 aliphatic carbocycles. The van der Waals surface area contributed by atoms with Crippen LogP contribution >= 0.6 is 0 Å². The van der Waals surface area contributed by atoms with Crippen LogP contribution in [0.3, 0.4) is 0 Å². The van der Waals surface area contributed by atoms with Crippen molar-refractivity contribution in [2.45, 2.75) is 19.0 Å². The molecular weight excluding hydrogens is 242 g/mol. The number of rotatable bonds is 7. The molecule has 0 saturated carbocycles. The van der Waals surface area contributed by atoms with Crippen LogP contribution in [0.25, 0.3) is 0 Å². The summed E-state index contributed by atoms with van der Waals surface area (Å²) in [5.74, 6) is 1.04. The number of pyridine rings is 1. The second-order valence-electron chi connectivity index (χ2n) is 4.78. The van der Waals surface area contributed by atoms with Crippen LogP contribution in [0, 0.1) is 0 Å². The molecule has 1 aliphatic heterocycles. The molecule has 1 aliphatic rings. The number of nitrogens with zero attached hydrogens (tertiary/aromatic N) is 2. The Morgan fingerprint density at radius 2 is 2.47 bits per heavy atom. The zero-order chi connectivity index (χ0) is 13.5. The van der Waals surface area contributed by atoms with Crippen molar-refractivity contribution in [1.82, 2.24) is 10.3 Å². The summed E-state index contributed by atoms with van der Waals surface area (Å²) in [5.41, 5.74) is 1.22. The van der Waals surface area contributed by atoms with Gasteiger partial charge in [-0.1, -0.05) is 6.07 Å². The van der Waals surface area contributed by atoms with Crippen LogP contribution in [0.4, 0.5) is 5.82 Å². The van der Waals surface area contributed by atoms with E-state index >= 15 is 0 Å². The Kier molecular flexibility index (Phi) is 5.57. The second kappa shape index (κ2) is 7.43. The highest BCUT2D eigenvalue weighted by molar-refractivity contribution is 5.47. The molecule has 0 radical (unpaired) electrons. The molecule has 1 saturated heterocycles. The first kappa shape index (κ1) is 14.2. The average Bonchev–Trinajstić information content (AvgIpc) is 2.97. The molecule has 19 heavy (non-hydrogen) atoms. The average molecular weight is 265 g/mol. The molecule has 1 N–H and O–H groups in total. The Hall–Kier alpha value is -1.17. The van der Waals surface area contributed by atoms with Crippen LogP contribution in [0.5, 0.6) is 0 Å². The fourth-order valence-electron chi connectivity index (χ4n) is 2.28. The van der Waals surface area contributed by atoms with E-state index in [4.69, 9.17) is 9.47 Å². The third-order valence-electron chi connectivity index (χ3n) is 3.45. The van der Waals surface area contributed by atoms with Gasteiger partial charge >= 0.3 is 0 Å². The first-order valence-electron chi connectivity index (χ1n) is 6.77. The van der Waals surface area contributed by atoms with E-state index in [-0.39, 0.29) is 0 Å². The van der Waals surface area contributed by atoms with Gasteiger partial charge in [0.05, 0.1) is 19.3 Å².